The number of hydrogen-bond acceptors (Lipinski definition) is 1. The van der Waals surface area contributed by atoms with Gasteiger partial charge in [-0.05, 0) is 12.1 Å². The first-order valence-corrected chi connectivity index (χ1v) is 6.24. The molecule has 0 radical (unpaired) electrons. The van der Waals surface area contributed by atoms with Crippen molar-refractivity contribution in [3.63, 3.8) is 0 Å². The van der Waals surface area contributed by atoms with E-state index >= 15 is 0 Å². The number of aromatic nitrogens is 1. The zero-order chi connectivity index (χ0) is 12.0. The van der Waals surface area contributed by atoms with Crippen LogP contribution in [-0.4, -0.2) is 6.54 Å². The minimum absolute atomic E-state index is 0.116. The summed E-state index contributed by atoms with van der Waals surface area (Å²) in [5.41, 5.74) is 2.83. The Morgan fingerprint density at radius 3 is 2.59 bits per heavy atom. The highest BCUT2D eigenvalue weighted by molar-refractivity contribution is 5.76. The van der Waals surface area contributed by atoms with Gasteiger partial charge in [0.25, 0.3) is 0 Å². The molecule has 1 aliphatic rings. The van der Waals surface area contributed by atoms with Gasteiger partial charge < -0.3 is 5.32 Å². The van der Waals surface area contributed by atoms with Crippen LogP contribution in [0.4, 0.5) is 0 Å². The van der Waals surface area contributed by atoms with Gasteiger partial charge in [0.2, 0.25) is 5.52 Å². The molecule has 1 N–H and O–H groups in total. The molecule has 0 spiro atoms. The zero-order valence-corrected chi connectivity index (χ0v) is 10.7. The van der Waals surface area contributed by atoms with E-state index in [1.807, 2.05) is 0 Å². The average molecular weight is 227 g/mol. The Morgan fingerprint density at radius 2 is 1.94 bits per heavy atom. The quantitative estimate of drug-likeness (QED) is 0.588. The van der Waals surface area contributed by atoms with E-state index in [1.54, 1.807) is 0 Å². The summed E-state index contributed by atoms with van der Waals surface area (Å²) in [5.74, 6) is 0. The molecular formula is C15H19N2+. The highest BCUT2D eigenvalue weighted by atomic mass is 15.1. The van der Waals surface area contributed by atoms with Crippen LogP contribution in [0.2, 0.25) is 0 Å². The number of nitrogens with one attached hydrogen (secondary N) is 1. The van der Waals surface area contributed by atoms with Crippen LogP contribution >= 0.6 is 0 Å². The number of para-hydroxylation sites is 1. The Morgan fingerprint density at radius 1 is 1.24 bits per heavy atom. The van der Waals surface area contributed by atoms with Crippen LogP contribution in [-0.2, 0) is 5.54 Å². The third-order valence-corrected chi connectivity index (χ3v) is 3.33. The molecule has 0 aliphatic carbocycles. The molecule has 88 valence electrons. The van der Waals surface area contributed by atoms with Gasteiger partial charge in [0.1, 0.15) is 0 Å². The molecule has 1 aromatic heterocycles. The standard InChI is InChI=1S/C15H19N2/c1-15(2,3)17-10-12(13-9-16-13)8-11-6-4-5-7-14(11)17/h4-8,10,13,16H,9H2,1-3H3/q+1. The van der Waals surface area contributed by atoms with Crippen LogP contribution in [0.25, 0.3) is 10.9 Å². The summed E-state index contributed by atoms with van der Waals surface area (Å²) in [6.45, 7) is 7.87. The molecule has 3 rings (SSSR count). The lowest BCUT2D eigenvalue weighted by atomic mass is 10.0. The van der Waals surface area contributed by atoms with Crippen LogP contribution in [0.3, 0.4) is 0 Å². The van der Waals surface area contributed by atoms with E-state index in [1.165, 1.54) is 16.5 Å². The van der Waals surface area contributed by atoms with Crippen molar-refractivity contribution in [1.82, 2.24) is 5.32 Å². The normalized spacial score (nSPS) is 19.6. The van der Waals surface area contributed by atoms with E-state index in [9.17, 15) is 0 Å². The van der Waals surface area contributed by atoms with E-state index in [4.69, 9.17) is 0 Å². The summed E-state index contributed by atoms with van der Waals surface area (Å²) in [4.78, 5) is 0. The maximum atomic E-state index is 3.38. The number of hydrogen-bond donors (Lipinski definition) is 1. The first-order chi connectivity index (χ1) is 8.05. The summed E-state index contributed by atoms with van der Waals surface area (Å²) >= 11 is 0. The second-order valence-electron chi connectivity index (χ2n) is 5.83. The minimum atomic E-state index is 0.116. The summed E-state index contributed by atoms with van der Waals surface area (Å²) in [7, 11) is 0. The van der Waals surface area contributed by atoms with Crippen LogP contribution in [0.5, 0.6) is 0 Å². The molecule has 1 aromatic carbocycles. The van der Waals surface area contributed by atoms with Crippen molar-refractivity contribution in [3.05, 3.63) is 42.1 Å². The highest BCUT2D eigenvalue weighted by Gasteiger charge is 2.30. The molecule has 2 nitrogen and oxygen atoms in total. The third kappa shape index (κ3) is 1.93. The topological polar surface area (TPSA) is 25.8 Å². The predicted octanol–water partition coefficient (Wildman–Crippen LogP) is 2.53. The Bertz CT molecular complexity index is 563. The van der Waals surface area contributed by atoms with E-state index < -0.39 is 0 Å². The second-order valence-corrected chi connectivity index (χ2v) is 5.83. The molecular weight excluding hydrogens is 208 g/mol. The van der Waals surface area contributed by atoms with Crippen molar-refractivity contribution >= 4 is 10.9 Å². The fraction of sp³-hybridized carbons (Fsp3) is 0.400. The van der Waals surface area contributed by atoms with E-state index in [2.05, 4.69) is 67.2 Å². The number of nitrogens with zero attached hydrogens (tertiary/aromatic N) is 1. The summed E-state index contributed by atoms with van der Waals surface area (Å²) in [6, 6.07) is 11.5. The Balaban J connectivity index is 2.29. The molecule has 1 fully saturated rings. The maximum Gasteiger partial charge on any atom is 0.212 e. The van der Waals surface area contributed by atoms with E-state index in [0.717, 1.165) is 6.54 Å². The van der Waals surface area contributed by atoms with Gasteiger partial charge >= 0.3 is 0 Å². The lowest BCUT2D eigenvalue weighted by molar-refractivity contribution is -0.731. The average Bonchev–Trinajstić information content (AvgIpc) is 3.10. The molecule has 2 heterocycles. The molecule has 0 saturated carbocycles. The highest BCUT2D eigenvalue weighted by Crippen LogP contribution is 2.24. The lowest BCUT2D eigenvalue weighted by Gasteiger charge is -2.16. The number of rotatable bonds is 1. The van der Waals surface area contributed by atoms with Gasteiger partial charge in [0.15, 0.2) is 11.7 Å². The summed E-state index contributed by atoms with van der Waals surface area (Å²) < 4.78 is 2.39. The molecule has 17 heavy (non-hydrogen) atoms. The molecule has 1 aliphatic heterocycles. The number of benzene rings is 1. The number of fused-ring (bicyclic) bond motifs is 1. The second kappa shape index (κ2) is 3.54. The van der Waals surface area contributed by atoms with Crippen molar-refractivity contribution in [1.29, 1.82) is 0 Å². The fourth-order valence-electron chi connectivity index (χ4n) is 2.30. The molecule has 1 saturated heterocycles. The van der Waals surface area contributed by atoms with Gasteiger partial charge in [0.05, 0.1) is 6.04 Å². The molecule has 1 atom stereocenters. The Hall–Kier alpha value is -1.41. The van der Waals surface area contributed by atoms with Crippen LogP contribution in [0, 0.1) is 0 Å². The van der Waals surface area contributed by atoms with Crippen molar-refractivity contribution in [2.24, 2.45) is 0 Å². The predicted molar refractivity (Wildman–Crippen MR) is 69.9 cm³/mol. The number of pyridine rings is 1. The van der Waals surface area contributed by atoms with Crippen molar-refractivity contribution in [2.75, 3.05) is 6.54 Å². The van der Waals surface area contributed by atoms with Crippen molar-refractivity contribution < 1.29 is 4.57 Å². The van der Waals surface area contributed by atoms with Crippen molar-refractivity contribution in [2.45, 2.75) is 32.4 Å². The van der Waals surface area contributed by atoms with Crippen molar-refractivity contribution in [3.8, 4) is 0 Å². The van der Waals surface area contributed by atoms with Crippen LogP contribution in [0.1, 0.15) is 32.4 Å². The SMILES string of the molecule is CC(C)(C)[n+]1cc(C2CN2)cc2ccccc21. The first-order valence-electron chi connectivity index (χ1n) is 6.24. The monoisotopic (exact) mass is 227 g/mol. The van der Waals surface area contributed by atoms with Gasteiger partial charge in [-0.2, -0.15) is 4.57 Å². The maximum absolute atomic E-state index is 3.38. The zero-order valence-electron chi connectivity index (χ0n) is 10.7. The third-order valence-electron chi connectivity index (χ3n) is 3.33. The summed E-state index contributed by atoms with van der Waals surface area (Å²) in [5, 5.41) is 4.71. The van der Waals surface area contributed by atoms with Gasteiger partial charge in [0, 0.05) is 44.3 Å². The Labute approximate surface area is 102 Å². The van der Waals surface area contributed by atoms with Gasteiger partial charge in [-0.25, -0.2) is 0 Å². The van der Waals surface area contributed by atoms with Gasteiger partial charge in [-0.3, -0.25) is 0 Å². The minimum Gasteiger partial charge on any atom is -0.307 e. The largest absolute Gasteiger partial charge is 0.307 e. The summed E-state index contributed by atoms with van der Waals surface area (Å²) in [6.07, 6.45) is 2.30. The molecule has 2 aromatic rings. The van der Waals surface area contributed by atoms with Crippen LogP contribution in [0.15, 0.2) is 36.5 Å². The smallest absolute Gasteiger partial charge is 0.212 e. The molecule has 1 unspecified atom stereocenters. The fourth-order valence-corrected chi connectivity index (χ4v) is 2.30. The van der Waals surface area contributed by atoms with Crippen LogP contribution < -0.4 is 9.88 Å². The first kappa shape index (κ1) is 10.7. The Kier molecular flexibility index (Phi) is 2.23. The van der Waals surface area contributed by atoms with E-state index in [0.29, 0.717) is 6.04 Å². The molecule has 0 amide bonds. The van der Waals surface area contributed by atoms with Gasteiger partial charge in [-0.1, -0.05) is 12.1 Å². The molecule has 2 heteroatoms. The van der Waals surface area contributed by atoms with E-state index in [-0.39, 0.29) is 5.54 Å². The molecule has 0 bridgehead atoms. The lowest BCUT2D eigenvalue weighted by Crippen LogP contribution is -2.50. The van der Waals surface area contributed by atoms with Gasteiger partial charge in [-0.15, -0.1) is 0 Å².